The van der Waals surface area contributed by atoms with Gasteiger partial charge in [0.1, 0.15) is 24.3 Å². The van der Waals surface area contributed by atoms with E-state index >= 15 is 0 Å². The van der Waals surface area contributed by atoms with Crippen LogP contribution in [0.3, 0.4) is 0 Å². The number of rotatable bonds is 4. The third kappa shape index (κ3) is 4.24. The Morgan fingerprint density at radius 3 is 2.83 bits per heavy atom. The van der Waals surface area contributed by atoms with Crippen LogP contribution in [0.2, 0.25) is 5.02 Å². The van der Waals surface area contributed by atoms with Crippen LogP contribution in [-0.2, 0) is 4.74 Å². The minimum Gasteiger partial charge on any atom is -0.491 e. The Kier molecular flexibility index (Phi) is 5.33. The van der Waals surface area contributed by atoms with E-state index in [4.69, 9.17) is 21.1 Å². The topological polar surface area (TPSA) is 38.8 Å². The average Bonchev–Trinajstić information content (AvgIpc) is 2.61. The van der Waals surface area contributed by atoms with E-state index in [0.717, 1.165) is 0 Å². The maximum Gasteiger partial charge on any atom is 0.254 e. The molecular weight excluding hydrogens is 333 g/mol. The van der Waals surface area contributed by atoms with Gasteiger partial charge in [-0.05, 0) is 42.5 Å². The van der Waals surface area contributed by atoms with Crippen molar-refractivity contribution in [2.45, 2.75) is 6.10 Å². The van der Waals surface area contributed by atoms with Crippen molar-refractivity contribution < 1.29 is 18.7 Å². The fraction of sp³-hybridized carbons (Fsp3) is 0.278. The van der Waals surface area contributed by atoms with Gasteiger partial charge in [0, 0.05) is 17.1 Å². The van der Waals surface area contributed by atoms with E-state index < -0.39 is 0 Å². The molecule has 3 rings (SSSR count). The lowest BCUT2D eigenvalue weighted by Gasteiger charge is -2.33. The second-order valence-corrected chi connectivity index (χ2v) is 5.96. The number of carbonyl (C=O) groups excluding carboxylic acids is 1. The standard InChI is InChI=1S/C18H17ClFNO3/c19-14-3-1-2-13(10-14)18(22)21-8-9-23-17(11-21)12-24-16-6-4-15(20)5-7-16/h1-7,10,17H,8-9,11-12H2. The molecule has 1 fully saturated rings. The van der Waals surface area contributed by atoms with Crippen LogP contribution in [0.15, 0.2) is 48.5 Å². The minimum absolute atomic E-state index is 0.0763. The molecule has 1 unspecified atom stereocenters. The molecule has 2 aromatic carbocycles. The fourth-order valence-electron chi connectivity index (χ4n) is 2.53. The summed E-state index contributed by atoms with van der Waals surface area (Å²) in [6, 6.07) is 12.7. The molecule has 0 spiro atoms. The van der Waals surface area contributed by atoms with Crippen molar-refractivity contribution in [1.82, 2.24) is 4.90 Å². The van der Waals surface area contributed by atoms with Crippen molar-refractivity contribution >= 4 is 17.5 Å². The molecule has 0 radical (unpaired) electrons. The van der Waals surface area contributed by atoms with E-state index in [-0.39, 0.29) is 17.8 Å². The molecule has 0 N–H and O–H groups in total. The van der Waals surface area contributed by atoms with Crippen LogP contribution in [0.25, 0.3) is 0 Å². The molecular formula is C18H17ClFNO3. The van der Waals surface area contributed by atoms with E-state index in [0.29, 0.717) is 42.6 Å². The highest BCUT2D eigenvalue weighted by atomic mass is 35.5. The zero-order chi connectivity index (χ0) is 16.9. The molecule has 1 aliphatic heterocycles. The molecule has 1 aliphatic rings. The first-order valence-corrected chi connectivity index (χ1v) is 8.04. The predicted octanol–water partition coefficient (Wildman–Crippen LogP) is 3.40. The molecule has 2 aromatic rings. The summed E-state index contributed by atoms with van der Waals surface area (Å²) >= 11 is 5.94. The molecule has 0 aromatic heterocycles. The lowest BCUT2D eigenvalue weighted by atomic mass is 10.1. The van der Waals surface area contributed by atoms with Crippen molar-refractivity contribution in [3.63, 3.8) is 0 Å². The summed E-state index contributed by atoms with van der Waals surface area (Å²) < 4.78 is 24.1. The zero-order valence-electron chi connectivity index (χ0n) is 13.0. The second-order valence-electron chi connectivity index (χ2n) is 5.52. The third-order valence-corrected chi connectivity index (χ3v) is 3.98. The minimum atomic E-state index is -0.311. The molecule has 1 saturated heterocycles. The molecule has 1 amide bonds. The van der Waals surface area contributed by atoms with Crippen LogP contribution < -0.4 is 4.74 Å². The zero-order valence-corrected chi connectivity index (χ0v) is 13.7. The highest BCUT2D eigenvalue weighted by Gasteiger charge is 2.25. The van der Waals surface area contributed by atoms with Crippen molar-refractivity contribution in [2.24, 2.45) is 0 Å². The molecule has 126 valence electrons. The first kappa shape index (κ1) is 16.7. The number of halogens is 2. The fourth-order valence-corrected chi connectivity index (χ4v) is 2.72. The van der Waals surface area contributed by atoms with Gasteiger partial charge in [-0.3, -0.25) is 4.79 Å². The number of hydrogen-bond donors (Lipinski definition) is 0. The first-order chi connectivity index (χ1) is 11.6. The Labute approximate surface area is 144 Å². The van der Waals surface area contributed by atoms with Gasteiger partial charge >= 0.3 is 0 Å². The van der Waals surface area contributed by atoms with Crippen LogP contribution in [0.1, 0.15) is 10.4 Å². The number of amides is 1. The number of carbonyl (C=O) groups is 1. The van der Waals surface area contributed by atoms with E-state index in [2.05, 4.69) is 0 Å². The van der Waals surface area contributed by atoms with Crippen LogP contribution in [0.5, 0.6) is 5.75 Å². The van der Waals surface area contributed by atoms with E-state index in [9.17, 15) is 9.18 Å². The lowest BCUT2D eigenvalue weighted by Crippen LogP contribution is -2.47. The second kappa shape index (κ2) is 7.64. The van der Waals surface area contributed by atoms with Crippen LogP contribution >= 0.6 is 11.6 Å². The highest BCUT2D eigenvalue weighted by Crippen LogP contribution is 2.16. The van der Waals surface area contributed by atoms with Gasteiger partial charge in [-0.1, -0.05) is 17.7 Å². The van der Waals surface area contributed by atoms with Crippen molar-refractivity contribution in [1.29, 1.82) is 0 Å². The van der Waals surface area contributed by atoms with Crippen molar-refractivity contribution in [3.8, 4) is 5.75 Å². The Morgan fingerprint density at radius 1 is 1.29 bits per heavy atom. The molecule has 24 heavy (non-hydrogen) atoms. The number of benzene rings is 2. The largest absolute Gasteiger partial charge is 0.491 e. The summed E-state index contributed by atoms with van der Waals surface area (Å²) in [7, 11) is 0. The maximum atomic E-state index is 12.9. The molecule has 6 heteroatoms. The Balaban J connectivity index is 1.57. The highest BCUT2D eigenvalue weighted by molar-refractivity contribution is 6.30. The number of morpholine rings is 1. The molecule has 1 atom stereocenters. The van der Waals surface area contributed by atoms with Gasteiger partial charge in [-0.15, -0.1) is 0 Å². The quantitative estimate of drug-likeness (QED) is 0.849. The number of nitrogens with zero attached hydrogens (tertiary/aromatic N) is 1. The van der Waals surface area contributed by atoms with E-state index in [1.165, 1.54) is 12.1 Å². The molecule has 4 nitrogen and oxygen atoms in total. The number of ether oxygens (including phenoxy) is 2. The van der Waals surface area contributed by atoms with Crippen LogP contribution in [-0.4, -0.2) is 43.2 Å². The Morgan fingerprint density at radius 2 is 2.08 bits per heavy atom. The summed E-state index contributed by atoms with van der Waals surface area (Å²) in [5.74, 6) is 0.181. The Bertz CT molecular complexity index is 708. The summed E-state index contributed by atoms with van der Waals surface area (Å²) in [5.41, 5.74) is 0.558. The lowest BCUT2D eigenvalue weighted by molar-refractivity contribution is -0.0401. The summed E-state index contributed by atoms with van der Waals surface area (Å²) in [6.45, 7) is 1.71. The normalized spacial score (nSPS) is 17.6. The van der Waals surface area contributed by atoms with Gasteiger partial charge in [0.05, 0.1) is 13.2 Å². The van der Waals surface area contributed by atoms with Gasteiger partial charge in [-0.25, -0.2) is 4.39 Å². The Hall–Kier alpha value is -2.11. The summed E-state index contributed by atoms with van der Waals surface area (Å²) in [5, 5.41) is 0.533. The summed E-state index contributed by atoms with van der Waals surface area (Å²) in [4.78, 5) is 14.3. The first-order valence-electron chi connectivity index (χ1n) is 7.66. The van der Waals surface area contributed by atoms with Crippen LogP contribution in [0.4, 0.5) is 4.39 Å². The van der Waals surface area contributed by atoms with Gasteiger partial charge in [0.2, 0.25) is 0 Å². The monoisotopic (exact) mass is 349 g/mol. The molecule has 1 heterocycles. The predicted molar refractivity (Wildman–Crippen MR) is 89.0 cm³/mol. The van der Waals surface area contributed by atoms with Gasteiger partial charge in [0.15, 0.2) is 0 Å². The van der Waals surface area contributed by atoms with E-state index in [1.54, 1.807) is 41.3 Å². The van der Waals surface area contributed by atoms with Gasteiger partial charge < -0.3 is 14.4 Å². The van der Waals surface area contributed by atoms with Crippen molar-refractivity contribution in [3.05, 3.63) is 64.9 Å². The van der Waals surface area contributed by atoms with Crippen molar-refractivity contribution in [2.75, 3.05) is 26.3 Å². The van der Waals surface area contributed by atoms with Gasteiger partial charge in [-0.2, -0.15) is 0 Å². The molecule has 0 saturated carbocycles. The average molecular weight is 350 g/mol. The number of hydrogen-bond acceptors (Lipinski definition) is 3. The smallest absolute Gasteiger partial charge is 0.254 e. The van der Waals surface area contributed by atoms with Gasteiger partial charge in [0.25, 0.3) is 5.91 Å². The SMILES string of the molecule is O=C(c1cccc(Cl)c1)N1CCOC(COc2ccc(F)cc2)C1. The molecule has 0 bridgehead atoms. The van der Waals surface area contributed by atoms with E-state index in [1.807, 2.05) is 0 Å². The van der Waals surface area contributed by atoms with Crippen LogP contribution in [0, 0.1) is 5.82 Å². The summed E-state index contributed by atoms with van der Waals surface area (Å²) in [6.07, 6.45) is -0.230. The molecule has 0 aliphatic carbocycles. The third-order valence-electron chi connectivity index (χ3n) is 3.75. The maximum absolute atomic E-state index is 12.9.